The average molecular weight is 264 g/mol. The molecule has 0 bridgehead atoms. The Morgan fingerprint density at radius 1 is 1.47 bits per heavy atom. The fourth-order valence-electron chi connectivity index (χ4n) is 2.55. The average Bonchev–Trinajstić information content (AvgIpc) is 2.41. The smallest absolute Gasteiger partial charge is 0.254 e. The summed E-state index contributed by atoms with van der Waals surface area (Å²) in [5.74, 6) is -0.0640. The summed E-state index contributed by atoms with van der Waals surface area (Å²) in [4.78, 5) is 14.3. The first kappa shape index (κ1) is 14.0. The van der Waals surface area contributed by atoms with E-state index in [1.54, 1.807) is 19.1 Å². The van der Waals surface area contributed by atoms with Crippen LogP contribution in [0.15, 0.2) is 18.2 Å². The Morgan fingerprint density at radius 3 is 2.84 bits per heavy atom. The molecule has 1 aliphatic heterocycles. The molecule has 2 unspecified atom stereocenters. The SMILES string of the molecule is Cc1ccc(C(=O)N2CC(CN)CCC2C)cc1F. The molecule has 3 nitrogen and oxygen atoms in total. The Labute approximate surface area is 113 Å². The Hall–Kier alpha value is -1.42. The molecule has 4 heteroatoms. The molecule has 19 heavy (non-hydrogen) atoms. The number of likely N-dealkylation sites (tertiary alicyclic amines) is 1. The van der Waals surface area contributed by atoms with Crippen molar-refractivity contribution in [1.29, 1.82) is 0 Å². The minimum absolute atomic E-state index is 0.0930. The minimum atomic E-state index is -0.328. The molecule has 1 aromatic carbocycles. The standard InChI is InChI=1S/C15H21FN2O/c1-10-3-6-13(7-14(10)16)15(19)18-9-12(8-17)5-4-11(18)2/h3,6-7,11-12H,4-5,8-9,17H2,1-2H3. The van der Waals surface area contributed by atoms with Gasteiger partial charge in [-0.25, -0.2) is 4.39 Å². The number of hydrogen-bond donors (Lipinski definition) is 1. The molecule has 1 aliphatic rings. The Bertz CT molecular complexity index is 475. The summed E-state index contributed by atoms with van der Waals surface area (Å²) in [6.07, 6.45) is 2.02. The summed E-state index contributed by atoms with van der Waals surface area (Å²) in [6.45, 7) is 5.00. The highest BCUT2D eigenvalue weighted by atomic mass is 19.1. The quantitative estimate of drug-likeness (QED) is 0.891. The molecule has 0 saturated carbocycles. The third-order valence-electron chi connectivity index (χ3n) is 3.99. The van der Waals surface area contributed by atoms with Gasteiger partial charge in [-0.1, -0.05) is 6.07 Å². The second-order valence-corrected chi connectivity index (χ2v) is 5.45. The third kappa shape index (κ3) is 2.95. The lowest BCUT2D eigenvalue weighted by atomic mass is 9.93. The molecule has 2 rings (SSSR count). The summed E-state index contributed by atoms with van der Waals surface area (Å²) < 4.78 is 13.6. The van der Waals surface area contributed by atoms with Crippen molar-refractivity contribution in [3.8, 4) is 0 Å². The number of aryl methyl sites for hydroxylation is 1. The van der Waals surface area contributed by atoms with Crippen molar-refractivity contribution in [3.05, 3.63) is 35.1 Å². The number of carbonyl (C=O) groups excluding carboxylic acids is 1. The molecule has 0 radical (unpaired) electrons. The molecular formula is C15H21FN2O. The zero-order valence-corrected chi connectivity index (χ0v) is 11.5. The minimum Gasteiger partial charge on any atom is -0.336 e. The predicted molar refractivity (Wildman–Crippen MR) is 73.4 cm³/mol. The largest absolute Gasteiger partial charge is 0.336 e. The van der Waals surface area contributed by atoms with Crippen molar-refractivity contribution < 1.29 is 9.18 Å². The van der Waals surface area contributed by atoms with Gasteiger partial charge in [0.25, 0.3) is 5.91 Å². The number of nitrogens with two attached hydrogens (primary N) is 1. The maximum atomic E-state index is 13.6. The van der Waals surface area contributed by atoms with Gasteiger partial charge in [-0.2, -0.15) is 0 Å². The number of rotatable bonds is 2. The maximum absolute atomic E-state index is 13.6. The molecule has 1 amide bonds. The molecule has 0 spiro atoms. The molecule has 1 aromatic rings. The van der Waals surface area contributed by atoms with Gasteiger partial charge in [0.2, 0.25) is 0 Å². The number of benzene rings is 1. The summed E-state index contributed by atoms with van der Waals surface area (Å²) >= 11 is 0. The highest BCUT2D eigenvalue weighted by Crippen LogP contribution is 2.23. The van der Waals surface area contributed by atoms with Gasteiger partial charge in [-0.3, -0.25) is 4.79 Å². The number of hydrogen-bond acceptors (Lipinski definition) is 2. The Balaban J connectivity index is 2.19. The second-order valence-electron chi connectivity index (χ2n) is 5.45. The van der Waals surface area contributed by atoms with Gasteiger partial charge in [0.05, 0.1) is 0 Å². The number of amides is 1. The van der Waals surface area contributed by atoms with E-state index in [9.17, 15) is 9.18 Å². The summed E-state index contributed by atoms with van der Waals surface area (Å²) in [5.41, 5.74) is 6.68. The lowest BCUT2D eigenvalue weighted by molar-refractivity contribution is 0.0566. The van der Waals surface area contributed by atoms with Gasteiger partial charge in [-0.05, 0) is 56.8 Å². The molecule has 0 aliphatic carbocycles. The van der Waals surface area contributed by atoms with E-state index in [4.69, 9.17) is 5.73 Å². The van der Waals surface area contributed by atoms with Gasteiger partial charge in [-0.15, -0.1) is 0 Å². The number of carbonyl (C=O) groups is 1. The van der Waals surface area contributed by atoms with Crippen molar-refractivity contribution in [3.63, 3.8) is 0 Å². The van der Waals surface area contributed by atoms with Gasteiger partial charge >= 0.3 is 0 Å². The van der Waals surface area contributed by atoms with Crippen LogP contribution in [0.3, 0.4) is 0 Å². The van der Waals surface area contributed by atoms with Crippen LogP contribution < -0.4 is 5.73 Å². The maximum Gasteiger partial charge on any atom is 0.254 e. The van der Waals surface area contributed by atoms with Gasteiger partial charge < -0.3 is 10.6 Å². The van der Waals surface area contributed by atoms with Crippen LogP contribution in [0.2, 0.25) is 0 Å². The van der Waals surface area contributed by atoms with Crippen LogP contribution in [-0.4, -0.2) is 29.9 Å². The molecule has 2 N–H and O–H groups in total. The van der Waals surface area contributed by atoms with Gasteiger partial charge in [0, 0.05) is 18.2 Å². The molecular weight excluding hydrogens is 243 g/mol. The van der Waals surface area contributed by atoms with E-state index in [1.165, 1.54) is 6.07 Å². The Kier molecular flexibility index (Phi) is 4.20. The highest BCUT2D eigenvalue weighted by molar-refractivity contribution is 5.94. The van der Waals surface area contributed by atoms with Crippen molar-refractivity contribution in [2.75, 3.05) is 13.1 Å². The molecule has 0 aromatic heterocycles. The highest BCUT2D eigenvalue weighted by Gasteiger charge is 2.29. The summed E-state index contributed by atoms with van der Waals surface area (Å²) in [5, 5.41) is 0. The molecule has 1 saturated heterocycles. The van der Waals surface area contributed by atoms with Gasteiger partial charge in [0.15, 0.2) is 0 Å². The monoisotopic (exact) mass is 264 g/mol. The van der Waals surface area contributed by atoms with Crippen LogP contribution in [0.25, 0.3) is 0 Å². The van der Waals surface area contributed by atoms with Crippen molar-refractivity contribution in [2.45, 2.75) is 32.7 Å². The van der Waals surface area contributed by atoms with Crippen LogP contribution in [0, 0.1) is 18.7 Å². The van der Waals surface area contributed by atoms with E-state index < -0.39 is 0 Å². The van der Waals surface area contributed by atoms with E-state index in [1.807, 2.05) is 11.8 Å². The lowest BCUT2D eigenvalue weighted by Crippen LogP contribution is -2.47. The number of nitrogens with zero attached hydrogens (tertiary/aromatic N) is 1. The predicted octanol–water partition coefficient (Wildman–Crippen LogP) is 2.33. The lowest BCUT2D eigenvalue weighted by Gasteiger charge is -2.37. The third-order valence-corrected chi connectivity index (χ3v) is 3.99. The number of halogens is 1. The molecule has 2 atom stereocenters. The van der Waals surface area contributed by atoms with E-state index in [2.05, 4.69) is 0 Å². The summed E-state index contributed by atoms with van der Waals surface area (Å²) in [7, 11) is 0. The van der Waals surface area contributed by atoms with Crippen molar-refractivity contribution >= 4 is 5.91 Å². The number of piperidine rings is 1. The van der Waals surface area contributed by atoms with Gasteiger partial charge in [0.1, 0.15) is 5.82 Å². The summed E-state index contributed by atoms with van der Waals surface area (Å²) in [6, 6.07) is 4.87. The van der Waals surface area contributed by atoms with Crippen LogP contribution in [0.5, 0.6) is 0 Å². The van der Waals surface area contributed by atoms with E-state index in [0.29, 0.717) is 30.1 Å². The first-order chi connectivity index (χ1) is 9.02. The van der Waals surface area contributed by atoms with E-state index in [-0.39, 0.29) is 17.8 Å². The first-order valence-corrected chi connectivity index (χ1v) is 6.80. The fourth-order valence-corrected chi connectivity index (χ4v) is 2.55. The second kappa shape index (κ2) is 5.70. The Morgan fingerprint density at radius 2 is 2.21 bits per heavy atom. The van der Waals surface area contributed by atoms with E-state index >= 15 is 0 Å². The molecule has 1 fully saturated rings. The van der Waals surface area contributed by atoms with E-state index in [0.717, 1.165) is 12.8 Å². The fraction of sp³-hybridized carbons (Fsp3) is 0.533. The van der Waals surface area contributed by atoms with Crippen LogP contribution >= 0.6 is 0 Å². The van der Waals surface area contributed by atoms with Crippen LogP contribution in [-0.2, 0) is 0 Å². The van der Waals surface area contributed by atoms with Crippen LogP contribution in [0.1, 0.15) is 35.7 Å². The normalized spacial score (nSPS) is 23.5. The molecule has 1 heterocycles. The molecule has 104 valence electrons. The van der Waals surface area contributed by atoms with Crippen molar-refractivity contribution in [1.82, 2.24) is 4.90 Å². The zero-order valence-electron chi connectivity index (χ0n) is 11.5. The van der Waals surface area contributed by atoms with Crippen LogP contribution in [0.4, 0.5) is 4.39 Å². The first-order valence-electron chi connectivity index (χ1n) is 6.80. The zero-order chi connectivity index (χ0) is 14.0. The topological polar surface area (TPSA) is 46.3 Å². The van der Waals surface area contributed by atoms with Crippen molar-refractivity contribution in [2.24, 2.45) is 11.7 Å².